The minimum atomic E-state index is -0.210. The third-order valence-electron chi connectivity index (χ3n) is 3.01. The van der Waals surface area contributed by atoms with Gasteiger partial charge < -0.3 is 5.32 Å². The first kappa shape index (κ1) is 15.4. The van der Waals surface area contributed by atoms with Gasteiger partial charge in [-0.2, -0.15) is 0 Å². The van der Waals surface area contributed by atoms with Crippen molar-refractivity contribution in [3.05, 3.63) is 58.9 Å². The lowest BCUT2D eigenvalue weighted by Gasteiger charge is -2.15. The smallest absolute Gasteiger partial charge is 0.137 e. The normalized spacial score (nSPS) is 12.4. The minimum Gasteiger partial charge on any atom is -0.310 e. The van der Waals surface area contributed by atoms with Crippen molar-refractivity contribution in [1.29, 1.82) is 0 Å². The molecule has 20 heavy (non-hydrogen) atoms. The van der Waals surface area contributed by atoms with E-state index in [1.165, 1.54) is 17.8 Å². The molecule has 106 valence electrons. The fourth-order valence-electron chi connectivity index (χ4n) is 1.99. The van der Waals surface area contributed by atoms with Crippen molar-refractivity contribution in [2.24, 2.45) is 0 Å². The largest absolute Gasteiger partial charge is 0.310 e. The Hall–Kier alpha value is -1.03. The molecule has 1 N–H and O–H groups in total. The van der Waals surface area contributed by atoms with Crippen LogP contribution in [0.1, 0.15) is 25.5 Å². The average molecular weight is 310 g/mol. The molecule has 0 fully saturated rings. The lowest BCUT2D eigenvalue weighted by molar-refractivity contribution is 0.598. The molecule has 2 aromatic carbocycles. The highest BCUT2D eigenvalue weighted by Gasteiger charge is 2.10. The first-order chi connectivity index (χ1) is 9.61. The molecule has 2 rings (SSSR count). The Morgan fingerprint density at radius 3 is 2.65 bits per heavy atom. The van der Waals surface area contributed by atoms with Gasteiger partial charge in [0, 0.05) is 20.9 Å². The summed E-state index contributed by atoms with van der Waals surface area (Å²) < 4.78 is 13.6. The van der Waals surface area contributed by atoms with E-state index in [9.17, 15) is 4.39 Å². The summed E-state index contributed by atoms with van der Waals surface area (Å²) in [6.45, 7) is 5.03. The minimum absolute atomic E-state index is 0.208. The first-order valence-corrected chi connectivity index (χ1v) is 7.76. The van der Waals surface area contributed by atoms with Crippen LogP contribution in [-0.4, -0.2) is 6.54 Å². The molecule has 0 aliphatic carbocycles. The Bertz CT molecular complexity index is 588. The maximum atomic E-state index is 13.6. The van der Waals surface area contributed by atoms with Crippen LogP contribution in [0.5, 0.6) is 0 Å². The van der Waals surface area contributed by atoms with Gasteiger partial charge in [0.15, 0.2) is 0 Å². The molecule has 0 radical (unpaired) electrons. The van der Waals surface area contributed by atoms with Gasteiger partial charge in [-0.3, -0.25) is 0 Å². The molecule has 4 heteroatoms. The molecule has 0 heterocycles. The topological polar surface area (TPSA) is 12.0 Å². The van der Waals surface area contributed by atoms with Crippen molar-refractivity contribution in [3.63, 3.8) is 0 Å². The highest BCUT2D eigenvalue weighted by atomic mass is 35.5. The van der Waals surface area contributed by atoms with Gasteiger partial charge in [-0.25, -0.2) is 4.39 Å². The Morgan fingerprint density at radius 2 is 2.00 bits per heavy atom. The predicted octanol–water partition coefficient (Wildman–Crippen LogP) is 5.30. The second-order valence-corrected chi connectivity index (χ2v) is 6.02. The van der Waals surface area contributed by atoms with Gasteiger partial charge in [0.05, 0.1) is 0 Å². The van der Waals surface area contributed by atoms with Gasteiger partial charge >= 0.3 is 0 Å². The van der Waals surface area contributed by atoms with Gasteiger partial charge in [0.2, 0.25) is 0 Å². The van der Waals surface area contributed by atoms with Gasteiger partial charge in [0.25, 0.3) is 0 Å². The second kappa shape index (κ2) is 7.11. The zero-order valence-electron chi connectivity index (χ0n) is 11.5. The van der Waals surface area contributed by atoms with Crippen molar-refractivity contribution in [1.82, 2.24) is 5.32 Å². The van der Waals surface area contributed by atoms with Crippen LogP contribution in [0.15, 0.2) is 52.3 Å². The van der Waals surface area contributed by atoms with Crippen molar-refractivity contribution in [3.8, 4) is 0 Å². The zero-order valence-corrected chi connectivity index (χ0v) is 13.1. The van der Waals surface area contributed by atoms with E-state index in [1.807, 2.05) is 24.3 Å². The molecule has 0 saturated carbocycles. The van der Waals surface area contributed by atoms with Crippen molar-refractivity contribution in [2.75, 3.05) is 6.54 Å². The maximum absolute atomic E-state index is 13.6. The summed E-state index contributed by atoms with van der Waals surface area (Å²) in [6, 6.07) is 12.8. The molecule has 0 aliphatic rings. The van der Waals surface area contributed by atoms with E-state index in [0.717, 1.165) is 17.0 Å². The summed E-state index contributed by atoms with van der Waals surface area (Å²) in [7, 11) is 0. The Labute approximate surface area is 128 Å². The zero-order chi connectivity index (χ0) is 14.5. The van der Waals surface area contributed by atoms with Crippen LogP contribution in [0.4, 0.5) is 4.39 Å². The molecule has 0 amide bonds. The second-order valence-electron chi connectivity index (χ2n) is 4.50. The summed E-state index contributed by atoms with van der Waals surface area (Å²) >= 11 is 7.70. The maximum Gasteiger partial charge on any atom is 0.137 e. The number of hydrogen-bond donors (Lipinski definition) is 1. The van der Waals surface area contributed by atoms with Crippen molar-refractivity contribution < 1.29 is 4.39 Å². The molecular formula is C16H17ClFNS. The van der Waals surface area contributed by atoms with Gasteiger partial charge in [-0.05, 0) is 43.3 Å². The van der Waals surface area contributed by atoms with E-state index >= 15 is 0 Å². The Kier molecular flexibility index (Phi) is 5.46. The molecule has 1 nitrogen and oxygen atoms in total. The molecule has 2 aromatic rings. The number of hydrogen-bond acceptors (Lipinski definition) is 2. The summed E-state index contributed by atoms with van der Waals surface area (Å²) in [4.78, 5) is 1.54. The third kappa shape index (κ3) is 3.75. The van der Waals surface area contributed by atoms with Gasteiger partial charge in [0.1, 0.15) is 5.82 Å². The average Bonchev–Trinajstić information content (AvgIpc) is 2.42. The van der Waals surface area contributed by atoms with Gasteiger partial charge in [-0.1, -0.05) is 48.5 Å². The highest BCUT2D eigenvalue weighted by Crippen LogP contribution is 2.33. The molecule has 0 saturated heterocycles. The fraction of sp³-hybridized carbons (Fsp3) is 0.250. The van der Waals surface area contributed by atoms with Crippen LogP contribution in [0.3, 0.4) is 0 Å². The monoisotopic (exact) mass is 309 g/mol. The third-order valence-corrected chi connectivity index (χ3v) is 4.38. The molecule has 1 unspecified atom stereocenters. The summed E-state index contributed by atoms with van der Waals surface area (Å²) in [5.41, 5.74) is 1.06. The highest BCUT2D eigenvalue weighted by molar-refractivity contribution is 7.99. The van der Waals surface area contributed by atoms with Crippen LogP contribution in [0, 0.1) is 5.82 Å². The Morgan fingerprint density at radius 1 is 1.25 bits per heavy atom. The summed E-state index contributed by atoms with van der Waals surface area (Å²) in [5, 5.41) is 4.04. The quantitative estimate of drug-likeness (QED) is 0.804. The molecule has 0 spiro atoms. The molecule has 0 aromatic heterocycles. The van der Waals surface area contributed by atoms with E-state index in [2.05, 4.69) is 19.2 Å². The lowest BCUT2D eigenvalue weighted by Crippen LogP contribution is -2.17. The molecule has 0 aliphatic heterocycles. The van der Waals surface area contributed by atoms with E-state index in [-0.39, 0.29) is 11.9 Å². The standard InChI is InChI=1S/C16H17ClFNS/c1-3-19-11(2)13-9-8-12(10-14(13)17)20-16-7-5-4-6-15(16)18/h4-11,19H,3H2,1-2H3. The van der Waals surface area contributed by atoms with E-state index in [1.54, 1.807) is 12.1 Å². The number of halogens is 2. The number of rotatable bonds is 5. The number of nitrogens with one attached hydrogen (secondary N) is 1. The van der Waals surface area contributed by atoms with Crippen LogP contribution in [-0.2, 0) is 0 Å². The van der Waals surface area contributed by atoms with Crippen LogP contribution < -0.4 is 5.32 Å². The Balaban J connectivity index is 2.19. The molecule has 0 bridgehead atoms. The summed E-state index contributed by atoms with van der Waals surface area (Å²) in [6.07, 6.45) is 0. The van der Waals surface area contributed by atoms with E-state index in [4.69, 9.17) is 11.6 Å². The van der Waals surface area contributed by atoms with Crippen molar-refractivity contribution in [2.45, 2.75) is 29.7 Å². The predicted molar refractivity (Wildman–Crippen MR) is 84.1 cm³/mol. The number of benzene rings is 2. The fourth-order valence-corrected chi connectivity index (χ4v) is 3.28. The summed E-state index contributed by atoms with van der Waals surface area (Å²) in [5.74, 6) is -0.210. The van der Waals surface area contributed by atoms with Crippen LogP contribution in [0.2, 0.25) is 5.02 Å². The molecule has 1 atom stereocenters. The van der Waals surface area contributed by atoms with E-state index in [0.29, 0.717) is 9.92 Å². The van der Waals surface area contributed by atoms with Crippen molar-refractivity contribution >= 4 is 23.4 Å². The lowest BCUT2D eigenvalue weighted by atomic mass is 10.1. The SMILES string of the molecule is CCNC(C)c1ccc(Sc2ccccc2F)cc1Cl. The van der Waals surface area contributed by atoms with Crippen LogP contribution in [0.25, 0.3) is 0 Å². The molecular weight excluding hydrogens is 293 g/mol. The first-order valence-electron chi connectivity index (χ1n) is 6.57. The van der Waals surface area contributed by atoms with E-state index < -0.39 is 0 Å². The van der Waals surface area contributed by atoms with Crippen LogP contribution >= 0.6 is 23.4 Å². The van der Waals surface area contributed by atoms with Gasteiger partial charge in [-0.15, -0.1) is 0 Å².